The highest BCUT2D eigenvalue weighted by molar-refractivity contribution is 5.79. The van der Waals surface area contributed by atoms with E-state index in [9.17, 15) is 0 Å². The fourth-order valence-corrected chi connectivity index (χ4v) is 3.40. The summed E-state index contributed by atoms with van der Waals surface area (Å²) >= 11 is 0. The number of ether oxygens (including phenoxy) is 2. The van der Waals surface area contributed by atoms with Gasteiger partial charge in [-0.3, -0.25) is 9.89 Å². The van der Waals surface area contributed by atoms with E-state index in [1.54, 1.807) is 14.2 Å². The molecule has 1 unspecified atom stereocenters. The lowest BCUT2D eigenvalue weighted by atomic mass is 10.0. The van der Waals surface area contributed by atoms with Gasteiger partial charge in [-0.05, 0) is 23.3 Å². The number of nitrogens with one attached hydrogen (secondary N) is 2. The monoisotopic (exact) mass is 382 g/mol. The topological polar surface area (TPSA) is 58.1 Å². The molecular formula is C22H30N4O2. The zero-order valence-electron chi connectivity index (χ0n) is 16.7. The highest BCUT2D eigenvalue weighted by atomic mass is 16.5. The van der Waals surface area contributed by atoms with Gasteiger partial charge in [-0.1, -0.05) is 42.5 Å². The van der Waals surface area contributed by atoms with E-state index in [0.717, 1.165) is 50.1 Å². The van der Waals surface area contributed by atoms with Crippen LogP contribution in [0.4, 0.5) is 0 Å². The van der Waals surface area contributed by atoms with E-state index in [-0.39, 0.29) is 6.04 Å². The van der Waals surface area contributed by atoms with Gasteiger partial charge in [0.05, 0.1) is 26.4 Å². The number of aliphatic imine (C=N–C) groups is 1. The third-order valence-corrected chi connectivity index (χ3v) is 4.95. The number of methoxy groups -OCH3 is 1. The molecule has 2 N–H and O–H groups in total. The van der Waals surface area contributed by atoms with Gasteiger partial charge in [-0.15, -0.1) is 0 Å². The number of benzene rings is 2. The predicted octanol–water partition coefficient (Wildman–Crippen LogP) is 2.43. The van der Waals surface area contributed by atoms with E-state index >= 15 is 0 Å². The fourth-order valence-electron chi connectivity index (χ4n) is 3.40. The van der Waals surface area contributed by atoms with Crippen LogP contribution in [0.5, 0.6) is 5.75 Å². The maximum atomic E-state index is 5.53. The summed E-state index contributed by atoms with van der Waals surface area (Å²) in [5.74, 6) is 1.65. The molecular weight excluding hydrogens is 352 g/mol. The molecule has 1 heterocycles. The van der Waals surface area contributed by atoms with Crippen molar-refractivity contribution in [1.82, 2.24) is 15.5 Å². The van der Waals surface area contributed by atoms with Crippen LogP contribution in [0.2, 0.25) is 0 Å². The Kier molecular flexibility index (Phi) is 7.70. The summed E-state index contributed by atoms with van der Waals surface area (Å²) in [6.45, 7) is 4.92. The molecule has 2 aromatic rings. The molecule has 0 aliphatic carbocycles. The second-order valence-electron chi connectivity index (χ2n) is 6.73. The third-order valence-electron chi connectivity index (χ3n) is 4.95. The highest BCUT2D eigenvalue weighted by Crippen LogP contribution is 2.21. The van der Waals surface area contributed by atoms with Crippen LogP contribution in [-0.4, -0.2) is 57.9 Å². The molecule has 0 radical (unpaired) electrons. The summed E-state index contributed by atoms with van der Waals surface area (Å²) in [6.07, 6.45) is 0. The Morgan fingerprint density at radius 3 is 2.61 bits per heavy atom. The SMILES string of the molecule is CN=C(NCc1cccc(OC)c1)NCC(c1ccccc1)N1CCOCC1. The van der Waals surface area contributed by atoms with Gasteiger partial charge in [-0.25, -0.2) is 0 Å². The first kappa shape index (κ1) is 20.2. The Labute approximate surface area is 167 Å². The molecule has 150 valence electrons. The maximum absolute atomic E-state index is 5.53. The molecule has 6 heteroatoms. The van der Waals surface area contributed by atoms with Gasteiger partial charge < -0.3 is 20.1 Å². The summed E-state index contributed by atoms with van der Waals surface area (Å²) < 4.78 is 10.8. The number of hydrogen-bond donors (Lipinski definition) is 2. The number of rotatable bonds is 7. The molecule has 0 aromatic heterocycles. The van der Waals surface area contributed by atoms with Crippen LogP contribution in [0, 0.1) is 0 Å². The van der Waals surface area contributed by atoms with Crippen LogP contribution in [0.3, 0.4) is 0 Å². The van der Waals surface area contributed by atoms with Gasteiger partial charge >= 0.3 is 0 Å². The Morgan fingerprint density at radius 1 is 1.11 bits per heavy atom. The van der Waals surface area contributed by atoms with E-state index in [0.29, 0.717) is 6.54 Å². The Morgan fingerprint density at radius 2 is 1.89 bits per heavy atom. The standard InChI is InChI=1S/C22H30N4O2/c1-23-22(24-16-18-7-6-10-20(15-18)27-2)25-17-21(19-8-4-3-5-9-19)26-11-13-28-14-12-26/h3-10,15,21H,11-14,16-17H2,1-2H3,(H2,23,24,25). The molecule has 2 aromatic carbocycles. The number of guanidine groups is 1. The van der Waals surface area contributed by atoms with Crippen molar-refractivity contribution in [3.05, 3.63) is 65.7 Å². The van der Waals surface area contributed by atoms with Crippen molar-refractivity contribution < 1.29 is 9.47 Å². The second-order valence-corrected chi connectivity index (χ2v) is 6.73. The minimum absolute atomic E-state index is 0.278. The van der Waals surface area contributed by atoms with Crippen molar-refractivity contribution in [2.75, 3.05) is 47.0 Å². The van der Waals surface area contributed by atoms with E-state index in [4.69, 9.17) is 9.47 Å². The van der Waals surface area contributed by atoms with Crippen LogP contribution < -0.4 is 15.4 Å². The molecule has 28 heavy (non-hydrogen) atoms. The van der Waals surface area contributed by atoms with Crippen molar-refractivity contribution >= 4 is 5.96 Å². The highest BCUT2D eigenvalue weighted by Gasteiger charge is 2.22. The zero-order valence-corrected chi connectivity index (χ0v) is 16.7. The van der Waals surface area contributed by atoms with E-state index in [1.165, 1.54) is 5.56 Å². The molecule has 1 atom stereocenters. The van der Waals surface area contributed by atoms with Crippen LogP contribution in [0.15, 0.2) is 59.6 Å². The summed E-state index contributed by atoms with van der Waals surface area (Å²) in [7, 11) is 3.48. The quantitative estimate of drug-likeness (QED) is 0.569. The lowest BCUT2D eigenvalue weighted by Crippen LogP contribution is -2.46. The Bertz CT molecular complexity index is 745. The van der Waals surface area contributed by atoms with Gasteiger partial charge in [0, 0.05) is 33.2 Å². The molecule has 0 amide bonds. The largest absolute Gasteiger partial charge is 0.497 e. The molecule has 1 fully saturated rings. The van der Waals surface area contributed by atoms with Crippen molar-refractivity contribution in [3.63, 3.8) is 0 Å². The second kappa shape index (κ2) is 10.7. The van der Waals surface area contributed by atoms with Gasteiger partial charge in [0.25, 0.3) is 0 Å². The van der Waals surface area contributed by atoms with Crippen LogP contribution in [-0.2, 0) is 11.3 Å². The maximum Gasteiger partial charge on any atom is 0.191 e. The summed E-state index contributed by atoms with van der Waals surface area (Å²) in [5.41, 5.74) is 2.45. The van der Waals surface area contributed by atoms with Crippen LogP contribution >= 0.6 is 0 Å². The average molecular weight is 383 g/mol. The van der Waals surface area contributed by atoms with Gasteiger partial charge in [0.15, 0.2) is 5.96 Å². The fraction of sp³-hybridized carbons (Fsp3) is 0.409. The van der Waals surface area contributed by atoms with Crippen molar-refractivity contribution in [2.24, 2.45) is 4.99 Å². The lowest BCUT2D eigenvalue weighted by molar-refractivity contribution is 0.0170. The van der Waals surface area contributed by atoms with Crippen LogP contribution in [0.1, 0.15) is 17.2 Å². The van der Waals surface area contributed by atoms with Gasteiger partial charge in [-0.2, -0.15) is 0 Å². The van der Waals surface area contributed by atoms with Gasteiger partial charge in [0.1, 0.15) is 5.75 Å². The van der Waals surface area contributed by atoms with Crippen LogP contribution in [0.25, 0.3) is 0 Å². The smallest absolute Gasteiger partial charge is 0.191 e. The van der Waals surface area contributed by atoms with Crippen molar-refractivity contribution in [1.29, 1.82) is 0 Å². The summed E-state index contributed by atoms with van der Waals surface area (Å²) in [5, 5.41) is 6.88. The zero-order chi connectivity index (χ0) is 19.6. The molecule has 1 aliphatic rings. The van der Waals surface area contributed by atoms with E-state index < -0.39 is 0 Å². The number of nitrogens with zero attached hydrogens (tertiary/aromatic N) is 2. The van der Waals surface area contributed by atoms with Gasteiger partial charge in [0.2, 0.25) is 0 Å². The lowest BCUT2D eigenvalue weighted by Gasteiger charge is -2.35. The molecule has 3 rings (SSSR count). The summed E-state index contributed by atoms with van der Waals surface area (Å²) in [6, 6.07) is 18.9. The van der Waals surface area contributed by atoms with E-state index in [2.05, 4.69) is 56.9 Å². The molecule has 1 saturated heterocycles. The minimum Gasteiger partial charge on any atom is -0.497 e. The average Bonchev–Trinajstić information content (AvgIpc) is 2.77. The Balaban J connectivity index is 1.60. The first-order valence-electron chi connectivity index (χ1n) is 9.74. The minimum atomic E-state index is 0.278. The molecule has 0 bridgehead atoms. The number of hydrogen-bond acceptors (Lipinski definition) is 4. The molecule has 0 spiro atoms. The predicted molar refractivity (Wildman–Crippen MR) is 113 cm³/mol. The Hall–Kier alpha value is -2.57. The number of morpholine rings is 1. The first-order valence-corrected chi connectivity index (χ1v) is 9.74. The molecule has 0 saturated carbocycles. The summed E-state index contributed by atoms with van der Waals surface area (Å²) in [4.78, 5) is 6.85. The molecule has 6 nitrogen and oxygen atoms in total. The molecule has 1 aliphatic heterocycles. The first-order chi connectivity index (χ1) is 13.8. The third kappa shape index (κ3) is 5.71. The normalized spacial score (nSPS) is 16.4. The van der Waals surface area contributed by atoms with Crippen molar-refractivity contribution in [2.45, 2.75) is 12.6 Å². The van der Waals surface area contributed by atoms with Crippen molar-refractivity contribution in [3.8, 4) is 5.75 Å². The van der Waals surface area contributed by atoms with E-state index in [1.807, 2.05) is 18.2 Å².